The van der Waals surface area contributed by atoms with Crippen molar-refractivity contribution in [1.82, 2.24) is 15.0 Å². The molecular formula is C21H15F3N4. The number of anilines is 1. The molecule has 0 saturated heterocycles. The highest BCUT2D eigenvalue weighted by Crippen LogP contribution is 2.42. The van der Waals surface area contributed by atoms with Crippen LogP contribution < -0.4 is 5.32 Å². The SMILES string of the molecule is CNc1nccc(-c2c3cccccc-3nc2-c2cccc(C(F)(F)F)c2)n1. The van der Waals surface area contributed by atoms with E-state index in [-0.39, 0.29) is 0 Å². The van der Waals surface area contributed by atoms with Gasteiger partial charge >= 0.3 is 6.18 Å². The zero-order valence-corrected chi connectivity index (χ0v) is 14.8. The van der Waals surface area contributed by atoms with Gasteiger partial charge in [-0.1, -0.05) is 36.4 Å². The van der Waals surface area contributed by atoms with E-state index >= 15 is 0 Å². The van der Waals surface area contributed by atoms with E-state index < -0.39 is 11.7 Å². The van der Waals surface area contributed by atoms with Crippen LogP contribution in [0, 0.1) is 0 Å². The Morgan fingerprint density at radius 2 is 1.68 bits per heavy atom. The standard InChI is InChI=1S/C21H15F3N4/c1-25-20-26-11-10-17(28-20)18-15-8-3-2-4-9-16(15)27-19(18)13-6-5-7-14(12-13)21(22,23)24/h2-12H,1H3,(H,25,26,28). The number of nitrogens with zero attached hydrogens (tertiary/aromatic N) is 3. The summed E-state index contributed by atoms with van der Waals surface area (Å²) in [5, 5.41) is 2.88. The van der Waals surface area contributed by atoms with Crippen LogP contribution in [-0.2, 0) is 6.18 Å². The third-order valence-electron chi connectivity index (χ3n) is 4.35. The molecule has 1 aromatic carbocycles. The van der Waals surface area contributed by atoms with Crippen LogP contribution in [0.15, 0.2) is 66.9 Å². The van der Waals surface area contributed by atoms with E-state index in [1.807, 2.05) is 30.3 Å². The number of rotatable bonds is 3. The predicted octanol–water partition coefficient (Wildman–Crippen LogP) is 5.37. The van der Waals surface area contributed by atoms with Gasteiger partial charge in [0.2, 0.25) is 5.95 Å². The van der Waals surface area contributed by atoms with Gasteiger partial charge in [-0.2, -0.15) is 13.2 Å². The van der Waals surface area contributed by atoms with Crippen molar-refractivity contribution < 1.29 is 13.2 Å². The third-order valence-corrected chi connectivity index (χ3v) is 4.35. The number of hydrogen-bond donors (Lipinski definition) is 1. The monoisotopic (exact) mass is 380 g/mol. The summed E-state index contributed by atoms with van der Waals surface area (Å²) in [4.78, 5) is 13.2. The fraction of sp³-hybridized carbons (Fsp3) is 0.0952. The lowest BCUT2D eigenvalue weighted by molar-refractivity contribution is -0.137. The van der Waals surface area contributed by atoms with Crippen molar-refractivity contribution in [2.75, 3.05) is 12.4 Å². The largest absolute Gasteiger partial charge is 0.416 e. The Hall–Kier alpha value is -3.48. The number of halogens is 3. The average Bonchev–Trinajstić information content (AvgIpc) is 2.90. The number of aromatic nitrogens is 3. The Bertz CT molecular complexity index is 1110. The molecule has 1 aliphatic heterocycles. The molecule has 140 valence electrons. The minimum atomic E-state index is -4.43. The van der Waals surface area contributed by atoms with E-state index in [1.54, 1.807) is 25.4 Å². The fourth-order valence-corrected chi connectivity index (χ4v) is 3.08. The molecule has 0 unspecified atom stereocenters. The molecule has 0 fully saturated rings. The van der Waals surface area contributed by atoms with Gasteiger partial charge in [0.05, 0.1) is 22.6 Å². The molecule has 4 nitrogen and oxygen atoms in total. The van der Waals surface area contributed by atoms with Gasteiger partial charge in [0.1, 0.15) is 0 Å². The quantitative estimate of drug-likeness (QED) is 0.519. The van der Waals surface area contributed by atoms with Crippen LogP contribution in [0.25, 0.3) is 33.8 Å². The summed E-state index contributed by atoms with van der Waals surface area (Å²) in [6, 6.07) is 16.2. The second kappa shape index (κ2) is 6.92. The first-order chi connectivity index (χ1) is 13.5. The summed E-state index contributed by atoms with van der Waals surface area (Å²) in [7, 11) is 1.70. The van der Waals surface area contributed by atoms with Crippen molar-refractivity contribution in [3.8, 4) is 33.8 Å². The van der Waals surface area contributed by atoms with Gasteiger partial charge < -0.3 is 5.32 Å². The van der Waals surface area contributed by atoms with Crippen molar-refractivity contribution in [2.45, 2.75) is 6.18 Å². The molecule has 28 heavy (non-hydrogen) atoms. The van der Waals surface area contributed by atoms with Crippen molar-refractivity contribution in [3.63, 3.8) is 0 Å². The molecule has 0 bridgehead atoms. The van der Waals surface area contributed by atoms with E-state index in [0.29, 0.717) is 34.2 Å². The molecule has 2 heterocycles. The van der Waals surface area contributed by atoms with Crippen LogP contribution in [-0.4, -0.2) is 22.0 Å². The summed E-state index contributed by atoms with van der Waals surface area (Å²) in [5.74, 6) is 0.419. The number of fused-ring (bicyclic) bond motifs is 1. The second-order valence-corrected chi connectivity index (χ2v) is 6.14. The van der Waals surface area contributed by atoms with Crippen molar-refractivity contribution in [1.29, 1.82) is 0 Å². The third kappa shape index (κ3) is 3.26. The topological polar surface area (TPSA) is 50.7 Å². The highest BCUT2D eigenvalue weighted by molar-refractivity contribution is 5.93. The molecule has 0 spiro atoms. The van der Waals surface area contributed by atoms with E-state index in [4.69, 9.17) is 0 Å². The van der Waals surface area contributed by atoms with Gasteiger partial charge in [0.15, 0.2) is 0 Å². The zero-order valence-electron chi connectivity index (χ0n) is 14.8. The second-order valence-electron chi connectivity index (χ2n) is 6.14. The number of alkyl halides is 3. The number of nitrogens with one attached hydrogen (secondary N) is 1. The van der Waals surface area contributed by atoms with E-state index in [9.17, 15) is 13.2 Å². The summed E-state index contributed by atoms with van der Waals surface area (Å²) in [5.41, 5.74) is 2.86. The summed E-state index contributed by atoms with van der Waals surface area (Å²) in [6.45, 7) is 0. The van der Waals surface area contributed by atoms with Gasteiger partial charge in [0.25, 0.3) is 0 Å². The maximum Gasteiger partial charge on any atom is 0.416 e. The molecule has 1 aromatic heterocycles. The molecule has 0 saturated carbocycles. The minimum Gasteiger partial charge on any atom is -0.357 e. The first kappa shape index (κ1) is 17.9. The van der Waals surface area contributed by atoms with Gasteiger partial charge in [-0.15, -0.1) is 0 Å². The molecule has 2 aromatic rings. The summed E-state index contributed by atoms with van der Waals surface area (Å²) < 4.78 is 39.6. The Morgan fingerprint density at radius 3 is 2.46 bits per heavy atom. The molecular weight excluding hydrogens is 365 g/mol. The normalized spacial score (nSPS) is 11.6. The van der Waals surface area contributed by atoms with Crippen LogP contribution in [0.4, 0.5) is 19.1 Å². The summed E-state index contributed by atoms with van der Waals surface area (Å²) >= 11 is 0. The molecule has 1 N–H and O–H groups in total. The number of benzene rings is 1. The van der Waals surface area contributed by atoms with Crippen LogP contribution >= 0.6 is 0 Å². The molecule has 0 atom stereocenters. The van der Waals surface area contributed by atoms with Crippen molar-refractivity contribution in [2.24, 2.45) is 0 Å². The molecule has 0 amide bonds. The lowest BCUT2D eigenvalue weighted by Crippen LogP contribution is -2.04. The number of hydrogen-bond acceptors (Lipinski definition) is 4. The molecule has 7 heteroatoms. The Labute approximate surface area is 159 Å². The van der Waals surface area contributed by atoms with Crippen LogP contribution in [0.2, 0.25) is 0 Å². The van der Waals surface area contributed by atoms with Gasteiger partial charge in [0, 0.05) is 29.9 Å². The highest BCUT2D eigenvalue weighted by Gasteiger charge is 2.31. The fourth-order valence-electron chi connectivity index (χ4n) is 3.08. The van der Waals surface area contributed by atoms with E-state index in [2.05, 4.69) is 20.3 Å². The zero-order chi connectivity index (χ0) is 19.7. The molecule has 4 rings (SSSR count). The van der Waals surface area contributed by atoms with Gasteiger partial charge in [-0.05, 0) is 24.3 Å². The van der Waals surface area contributed by atoms with Gasteiger partial charge in [-0.3, -0.25) is 0 Å². The van der Waals surface area contributed by atoms with Crippen LogP contribution in [0.5, 0.6) is 0 Å². The van der Waals surface area contributed by atoms with Gasteiger partial charge in [-0.25, -0.2) is 15.0 Å². The van der Waals surface area contributed by atoms with Crippen molar-refractivity contribution in [3.05, 3.63) is 72.4 Å². The molecule has 1 aliphatic carbocycles. The summed E-state index contributed by atoms with van der Waals surface area (Å²) in [6.07, 6.45) is -2.82. The van der Waals surface area contributed by atoms with E-state index in [0.717, 1.165) is 17.7 Å². The lowest BCUT2D eigenvalue weighted by atomic mass is 9.99. The van der Waals surface area contributed by atoms with E-state index in [1.165, 1.54) is 6.07 Å². The molecule has 0 radical (unpaired) electrons. The van der Waals surface area contributed by atoms with Crippen molar-refractivity contribution >= 4 is 5.95 Å². The lowest BCUT2D eigenvalue weighted by Gasteiger charge is -2.09. The Kier molecular flexibility index (Phi) is 4.43. The van der Waals surface area contributed by atoms with Crippen LogP contribution in [0.3, 0.4) is 0 Å². The Balaban J connectivity index is 2.00. The maximum atomic E-state index is 13.2. The predicted molar refractivity (Wildman–Crippen MR) is 102 cm³/mol. The highest BCUT2D eigenvalue weighted by atomic mass is 19.4. The first-order valence-corrected chi connectivity index (χ1v) is 8.55. The average molecular weight is 380 g/mol. The molecule has 2 aliphatic rings. The Morgan fingerprint density at radius 1 is 0.857 bits per heavy atom. The maximum absolute atomic E-state index is 13.2. The smallest absolute Gasteiger partial charge is 0.357 e. The van der Waals surface area contributed by atoms with Crippen LogP contribution in [0.1, 0.15) is 5.56 Å². The first-order valence-electron chi connectivity index (χ1n) is 8.55. The minimum absolute atomic E-state index is 0.383.